The van der Waals surface area contributed by atoms with Gasteiger partial charge in [-0.05, 0) is 16.8 Å². The van der Waals surface area contributed by atoms with E-state index in [9.17, 15) is 9.36 Å². The van der Waals surface area contributed by atoms with Crippen LogP contribution in [0.4, 0.5) is 0 Å². The van der Waals surface area contributed by atoms with Crippen molar-refractivity contribution in [1.82, 2.24) is 10.2 Å². The molecule has 0 fully saturated rings. The number of hydrogen-bond acceptors (Lipinski definition) is 3. The largest absolute Gasteiger partial charge is 0.325 e. The van der Waals surface area contributed by atoms with Crippen LogP contribution >= 0.6 is 18.0 Å². The van der Waals surface area contributed by atoms with Crippen LogP contribution in [-0.4, -0.2) is 5.91 Å². The second-order valence-corrected chi connectivity index (χ2v) is 6.26. The summed E-state index contributed by atoms with van der Waals surface area (Å²) in [7, 11) is 0. The molecular weight excluding hydrogens is 261 g/mol. The number of carbonyl (C=O) groups excluding carboxylic acids is 1. The molecule has 2 N–H and O–H groups in total. The van der Waals surface area contributed by atoms with Crippen molar-refractivity contribution in [2.24, 2.45) is 0 Å². The lowest BCUT2D eigenvalue weighted by Gasteiger charge is -2.12. The molecule has 1 rings (SSSR count). The smallest absolute Gasteiger partial charge is 0.282 e. The lowest BCUT2D eigenvalue weighted by atomic mass is 10.2. The summed E-state index contributed by atoms with van der Waals surface area (Å²) in [6.07, 6.45) is -0.371. The summed E-state index contributed by atoms with van der Waals surface area (Å²) < 4.78 is 11.7. The van der Waals surface area contributed by atoms with E-state index in [4.69, 9.17) is 16.5 Å². The number of amides is 1. The molecule has 0 heterocycles. The van der Waals surface area contributed by atoms with Crippen molar-refractivity contribution in [3.63, 3.8) is 0 Å². The van der Waals surface area contributed by atoms with Crippen molar-refractivity contribution in [2.45, 2.75) is 13.0 Å². The third-order valence-corrected chi connectivity index (χ3v) is 3.55. The third-order valence-electron chi connectivity index (χ3n) is 1.84. The zero-order valence-electron chi connectivity index (χ0n) is 8.89. The van der Waals surface area contributed by atoms with Crippen LogP contribution in [0.3, 0.4) is 0 Å². The summed E-state index contributed by atoms with van der Waals surface area (Å²) in [5, 5.41) is 12.9. The number of nitriles is 1. The lowest BCUT2D eigenvalue weighted by Crippen LogP contribution is -2.24. The van der Waals surface area contributed by atoms with Gasteiger partial charge in [0, 0.05) is 6.54 Å². The SMILES string of the molecule is N#CCC(=O)NP(=O)(Cl)NCc1ccccc1. The molecule has 5 nitrogen and oxygen atoms in total. The zero-order chi connectivity index (χ0) is 12.7. The molecule has 0 aromatic heterocycles. The first-order chi connectivity index (χ1) is 8.03. The molecule has 1 aromatic carbocycles. The maximum atomic E-state index is 11.7. The average molecular weight is 272 g/mol. The number of benzene rings is 1. The van der Waals surface area contributed by atoms with Crippen molar-refractivity contribution >= 4 is 23.9 Å². The molecule has 0 bridgehead atoms. The fraction of sp³-hybridized carbons (Fsp3) is 0.200. The number of nitrogens with one attached hydrogen (secondary N) is 2. The van der Waals surface area contributed by atoms with Crippen LogP contribution in [0.2, 0.25) is 0 Å². The highest BCUT2D eigenvalue weighted by molar-refractivity contribution is 7.86. The second kappa shape index (κ2) is 6.41. The molecule has 0 radical (unpaired) electrons. The Kier molecular flexibility index (Phi) is 5.17. The van der Waals surface area contributed by atoms with Gasteiger partial charge >= 0.3 is 6.80 Å². The van der Waals surface area contributed by atoms with Crippen molar-refractivity contribution in [1.29, 1.82) is 5.26 Å². The fourth-order valence-electron chi connectivity index (χ4n) is 1.10. The lowest BCUT2D eigenvalue weighted by molar-refractivity contribution is -0.118. The van der Waals surface area contributed by atoms with E-state index < -0.39 is 12.7 Å². The number of hydrogen-bond donors (Lipinski definition) is 2. The minimum absolute atomic E-state index is 0.272. The predicted octanol–water partition coefficient (Wildman–Crippen LogP) is 2.15. The van der Waals surface area contributed by atoms with Gasteiger partial charge in [-0.1, -0.05) is 30.3 Å². The molecule has 0 aliphatic carbocycles. The van der Waals surface area contributed by atoms with Crippen LogP contribution in [0.25, 0.3) is 0 Å². The Bertz CT molecular complexity index is 472. The van der Waals surface area contributed by atoms with Crippen molar-refractivity contribution in [3.05, 3.63) is 35.9 Å². The zero-order valence-corrected chi connectivity index (χ0v) is 10.5. The van der Waals surface area contributed by atoms with Gasteiger partial charge in [-0.2, -0.15) is 5.26 Å². The highest BCUT2D eigenvalue weighted by Crippen LogP contribution is 2.42. The third kappa shape index (κ3) is 5.50. The maximum Gasteiger partial charge on any atom is 0.325 e. The van der Waals surface area contributed by atoms with Gasteiger partial charge in [-0.3, -0.25) is 14.4 Å². The van der Waals surface area contributed by atoms with Crippen molar-refractivity contribution < 1.29 is 9.36 Å². The first-order valence-electron chi connectivity index (χ1n) is 4.80. The maximum absolute atomic E-state index is 11.7. The van der Waals surface area contributed by atoms with Gasteiger partial charge in [0.2, 0.25) is 5.91 Å². The minimum Gasteiger partial charge on any atom is -0.282 e. The molecule has 1 unspecified atom stereocenters. The van der Waals surface area contributed by atoms with Gasteiger partial charge in [0.1, 0.15) is 6.42 Å². The summed E-state index contributed by atoms with van der Waals surface area (Å²) in [6.45, 7) is -3.20. The van der Waals surface area contributed by atoms with Crippen LogP contribution in [0.1, 0.15) is 12.0 Å². The van der Waals surface area contributed by atoms with E-state index in [-0.39, 0.29) is 13.0 Å². The molecule has 1 atom stereocenters. The first kappa shape index (κ1) is 13.7. The number of nitrogens with zero attached hydrogens (tertiary/aromatic N) is 1. The number of rotatable bonds is 5. The first-order valence-corrected chi connectivity index (χ1v) is 7.41. The molecular formula is C10H11ClN3O2P. The van der Waals surface area contributed by atoms with Gasteiger partial charge < -0.3 is 0 Å². The van der Waals surface area contributed by atoms with Crippen LogP contribution in [-0.2, 0) is 15.9 Å². The van der Waals surface area contributed by atoms with Crippen molar-refractivity contribution in [3.8, 4) is 6.07 Å². The fourth-order valence-corrected chi connectivity index (χ4v) is 2.43. The molecule has 90 valence electrons. The topological polar surface area (TPSA) is 82.0 Å². The summed E-state index contributed by atoms with van der Waals surface area (Å²) in [5.41, 5.74) is 0.892. The summed E-state index contributed by atoms with van der Waals surface area (Å²) >= 11 is 5.62. The van der Waals surface area contributed by atoms with Crippen LogP contribution in [0.15, 0.2) is 30.3 Å². The molecule has 1 aromatic rings. The predicted molar refractivity (Wildman–Crippen MR) is 65.1 cm³/mol. The van der Waals surface area contributed by atoms with E-state index >= 15 is 0 Å². The highest BCUT2D eigenvalue weighted by atomic mass is 35.7. The molecule has 0 aliphatic rings. The summed E-state index contributed by atoms with van der Waals surface area (Å²) in [5.74, 6) is -0.661. The molecule has 0 saturated heterocycles. The van der Waals surface area contributed by atoms with E-state index in [0.717, 1.165) is 5.56 Å². The number of carbonyl (C=O) groups is 1. The van der Waals surface area contributed by atoms with E-state index in [2.05, 4.69) is 10.2 Å². The Morgan fingerprint density at radius 1 is 1.41 bits per heavy atom. The molecule has 1 amide bonds. The number of halogens is 1. The summed E-state index contributed by atoms with van der Waals surface area (Å²) in [4.78, 5) is 11.0. The minimum atomic E-state index is -3.47. The Balaban J connectivity index is 2.48. The Morgan fingerprint density at radius 2 is 2.06 bits per heavy atom. The molecule has 0 spiro atoms. The van der Waals surface area contributed by atoms with Gasteiger partial charge in [0.05, 0.1) is 6.07 Å². The summed E-state index contributed by atoms with van der Waals surface area (Å²) in [6, 6.07) is 10.8. The molecule has 0 saturated carbocycles. The highest BCUT2D eigenvalue weighted by Gasteiger charge is 2.20. The van der Waals surface area contributed by atoms with Gasteiger partial charge in [-0.25, -0.2) is 5.09 Å². The molecule has 17 heavy (non-hydrogen) atoms. The van der Waals surface area contributed by atoms with E-state index in [1.165, 1.54) is 0 Å². The monoisotopic (exact) mass is 271 g/mol. The standard InChI is InChI=1S/C10H11ClN3O2P/c11-17(16,14-10(15)6-7-12)13-8-9-4-2-1-3-5-9/h1-5H,6,8H2,(H2,13,14,15,16). The van der Waals surface area contributed by atoms with Gasteiger partial charge in [0.25, 0.3) is 0 Å². The molecule has 0 aliphatic heterocycles. The average Bonchev–Trinajstić information content (AvgIpc) is 2.27. The van der Waals surface area contributed by atoms with Crippen LogP contribution in [0.5, 0.6) is 0 Å². The van der Waals surface area contributed by atoms with E-state index in [0.29, 0.717) is 0 Å². The Labute approximate surface area is 104 Å². The quantitative estimate of drug-likeness (QED) is 0.804. The van der Waals surface area contributed by atoms with Gasteiger partial charge in [0.15, 0.2) is 0 Å². The van der Waals surface area contributed by atoms with E-state index in [1.807, 2.05) is 30.3 Å². The van der Waals surface area contributed by atoms with Crippen molar-refractivity contribution in [2.75, 3.05) is 0 Å². The second-order valence-electron chi connectivity index (χ2n) is 3.22. The Hall–Kier alpha value is -1.34. The molecule has 7 heteroatoms. The Morgan fingerprint density at radius 3 is 2.65 bits per heavy atom. The van der Waals surface area contributed by atoms with Crippen LogP contribution < -0.4 is 10.2 Å². The van der Waals surface area contributed by atoms with Gasteiger partial charge in [-0.15, -0.1) is 0 Å². The van der Waals surface area contributed by atoms with Crippen LogP contribution in [0, 0.1) is 11.3 Å². The van der Waals surface area contributed by atoms with E-state index in [1.54, 1.807) is 6.07 Å². The normalized spacial score (nSPS) is 13.4.